The topological polar surface area (TPSA) is 80.5 Å². The smallest absolute Gasteiger partial charge is 0.410 e. The van der Waals surface area contributed by atoms with E-state index in [1.165, 1.54) is 0 Å². The van der Waals surface area contributed by atoms with E-state index in [4.69, 9.17) is 9.26 Å². The molecule has 1 aromatic rings. The normalized spacial score (nSPS) is 19.7. The summed E-state index contributed by atoms with van der Waals surface area (Å²) < 4.78 is 10.9. The fourth-order valence-electron chi connectivity index (χ4n) is 3.03. The number of aromatic nitrogens is 2. The Balaban J connectivity index is 1.84. The highest BCUT2D eigenvalue weighted by atomic mass is 16.6. The summed E-state index contributed by atoms with van der Waals surface area (Å²) in [5.41, 5.74) is -0.605. The third kappa shape index (κ3) is 5.97. The van der Waals surface area contributed by atoms with Gasteiger partial charge in [0, 0.05) is 24.0 Å². The van der Waals surface area contributed by atoms with E-state index in [9.17, 15) is 4.79 Å². The summed E-state index contributed by atoms with van der Waals surface area (Å²) in [7, 11) is 0. The van der Waals surface area contributed by atoms with Crippen molar-refractivity contribution in [2.45, 2.75) is 97.4 Å². The fourth-order valence-corrected chi connectivity index (χ4v) is 3.03. The van der Waals surface area contributed by atoms with Crippen LogP contribution in [0.1, 0.15) is 79.4 Å². The Hall–Kier alpha value is -1.63. The quantitative estimate of drug-likeness (QED) is 0.857. The molecular formula is C19H34N4O3. The van der Waals surface area contributed by atoms with Crippen LogP contribution in [0.15, 0.2) is 4.52 Å². The summed E-state index contributed by atoms with van der Waals surface area (Å²) in [6.07, 6.45) is 2.71. The van der Waals surface area contributed by atoms with Crippen molar-refractivity contribution in [3.8, 4) is 0 Å². The first-order valence-electron chi connectivity index (χ1n) is 9.52. The minimum Gasteiger partial charge on any atom is -0.444 e. The van der Waals surface area contributed by atoms with E-state index >= 15 is 0 Å². The summed E-state index contributed by atoms with van der Waals surface area (Å²) in [5.74, 6) is 1.31. The standard InChI is InChI=1S/C19H34N4O3/c1-13(20-12-15-21-16(26-22-15)18(2,3)4)11-14-9-8-10-23(14)17(24)25-19(5,6)7/h13-14,20H,8-12H2,1-7H3/t13-,14-/m0/s1. The molecule has 1 aliphatic heterocycles. The first-order chi connectivity index (χ1) is 12.0. The van der Waals surface area contributed by atoms with Crippen molar-refractivity contribution in [1.82, 2.24) is 20.4 Å². The molecule has 2 rings (SSSR count). The number of carbonyl (C=O) groups excluding carboxylic acids is 1. The molecule has 1 aliphatic rings. The van der Waals surface area contributed by atoms with Crippen molar-refractivity contribution in [3.05, 3.63) is 11.7 Å². The average molecular weight is 367 g/mol. The van der Waals surface area contributed by atoms with Crippen LogP contribution < -0.4 is 5.32 Å². The first-order valence-corrected chi connectivity index (χ1v) is 9.52. The lowest BCUT2D eigenvalue weighted by atomic mass is 9.97. The minimum atomic E-state index is -0.461. The monoisotopic (exact) mass is 366 g/mol. The largest absolute Gasteiger partial charge is 0.444 e. The van der Waals surface area contributed by atoms with Crippen LogP contribution in [0.3, 0.4) is 0 Å². The Labute approximate surface area is 156 Å². The van der Waals surface area contributed by atoms with Crippen LogP contribution in [0.4, 0.5) is 4.79 Å². The lowest BCUT2D eigenvalue weighted by molar-refractivity contribution is 0.0214. The Morgan fingerprint density at radius 1 is 1.35 bits per heavy atom. The number of nitrogens with one attached hydrogen (secondary N) is 1. The van der Waals surface area contributed by atoms with E-state index in [0.717, 1.165) is 25.8 Å². The van der Waals surface area contributed by atoms with Crippen molar-refractivity contribution in [3.63, 3.8) is 0 Å². The van der Waals surface area contributed by atoms with Gasteiger partial charge in [-0.3, -0.25) is 0 Å². The van der Waals surface area contributed by atoms with E-state index in [1.54, 1.807) is 0 Å². The van der Waals surface area contributed by atoms with E-state index in [1.807, 2.05) is 46.4 Å². The Kier molecular flexibility index (Phi) is 6.32. The maximum atomic E-state index is 12.4. The molecule has 7 nitrogen and oxygen atoms in total. The van der Waals surface area contributed by atoms with E-state index in [-0.39, 0.29) is 23.6 Å². The highest BCUT2D eigenvalue weighted by Crippen LogP contribution is 2.24. The second kappa shape index (κ2) is 7.94. The predicted molar refractivity (Wildman–Crippen MR) is 99.9 cm³/mol. The van der Waals surface area contributed by atoms with Gasteiger partial charge in [0.2, 0.25) is 5.89 Å². The second-order valence-electron chi connectivity index (χ2n) is 9.25. The summed E-state index contributed by atoms with van der Waals surface area (Å²) in [6, 6.07) is 0.447. The molecule has 1 saturated heterocycles. The summed E-state index contributed by atoms with van der Waals surface area (Å²) in [5, 5.41) is 7.47. The Morgan fingerprint density at radius 3 is 2.62 bits per heavy atom. The van der Waals surface area contributed by atoms with Gasteiger partial charge in [-0.25, -0.2) is 4.79 Å². The lowest BCUT2D eigenvalue weighted by Gasteiger charge is -2.30. The van der Waals surface area contributed by atoms with Crippen molar-refractivity contribution in [1.29, 1.82) is 0 Å². The fraction of sp³-hybridized carbons (Fsp3) is 0.842. The molecular weight excluding hydrogens is 332 g/mol. The van der Waals surface area contributed by atoms with Gasteiger partial charge in [-0.2, -0.15) is 4.98 Å². The van der Waals surface area contributed by atoms with Crippen LogP contribution in [0.25, 0.3) is 0 Å². The molecule has 0 radical (unpaired) electrons. The lowest BCUT2D eigenvalue weighted by Crippen LogP contribution is -2.42. The molecule has 0 unspecified atom stereocenters. The number of ether oxygens (including phenoxy) is 1. The molecule has 1 aromatic heterocycles. The van der Waals surface area contributed by atoms with Crippen LogP contribution >= 0.6 is 0 Å². The van der Waals surface area contributed by atoms with Crippen LogP contribution in [-0.2, 0) is 16.7 Å². The predicted octanol–water partition coefficient (Wildman–Crippen LogP) is 3.63. The molecule has 1 amide bonds. The molecule has 2 heterocycles. The zero-order valence-corrected chi connectivity index (χ0v) is 17.3. The maximum absolute atomic E-state index is 12.4. The Morgan fingerprint density at radius 2 is 2.04 bits per heavy atom. The molecule has 7 heteroatoms. The van der Waals surface area contributed by atoms with Gasteiger partial charge in [-0.1, -0.05) is 25.9 Å². The summed E-state index contributed by atoms with van der Waals surface area (Å²) in [4.78, 5) is 18.7. The molecule has 2 atom stereocenters. The minimum absolute atomic E-state index is 0.144. The highest BCUT2D eigenvalue weighted by Gasteiger charge is 2.33. The molecule has 0 aliphatic carbocycles. The van der Waals surface area contributed by atoms with Crippen molar-refractivity contribution < 1.29 is 14.1 Å². The SMILES string of the molecule is C[C@@H](C[C@@H]1CCCN1C(=O)OC(C)(C)C)NCc1noc(C(C)(C)C)n1. The van der Waals surface area contributed by atoms with Crippen molar-refractivity contribution in [2.75, 3.05) is 6.54 Å². The number of amides is 1. The third-order valence-electron chi connectivity index (χ3n) is 4.35. The first kappa shape index (κ1) is 20.7. The second-order valence-corrected chi connectivity index (χ2v) is 9.25. The number of rotatable bonds is 5. The zero-order chi connectivity index (χ0) is 19.5. The van der Waals surface area contributed by atoms with Gasteiger partial charge in [0.05, 0.1) is 6.54 Å². The highest BCUT2D eigenvalue weighted by molar-refractivity contribution is 5.68. The number of carbonyl (C=O) groups is 1. The number of likely N-dealkylation sites (tertiary alicyclic amines) is 1. The van der Waals surface area contributed by atoms with Gasteiger partial charge in [-0.15, -0.1) is 0 Å². The number of hydrogen-bond acceptors (Lipinski definition) is 6. The molecule has 0 saturated carbocycles. The van der Waals surface area contributed by atoms with Crippen LogP contribution in [0.2, 0.25) is 0 Å². The van der Waals surface area contributed by atoms with E-state index < -0.39 is 5.60 Å². The molecule has 148 valence electrons. The van der Waals surface area contributed by atoms with Crippen LogP contribution in [0, 0.1) is 0 Å². The van der Waals surface area contributed by atoms with E-state index in [2.05, 4.69) is 22.4 Å². The van der Waals surface area contributed by atoms with Crippen molar-refractivity contribution >= 4 is 6.09 Å². The van der Waals surface area contributed by atoms with Gasteiger partial charge in [0.1, 0.15) is 5.60 Å². The van der Waals surface area contributed by atoms with Crippen LogP contribution in [-0.4, -0.2) is 45.4 Å². The number of nitrogens with zero attached hydrogens (tertiary/aromatic N) is 3. The third-order valence-corrected chi connectivity index (χ3v) is 4.35. The van der Waals surface area contributed by atoms with Gasteiger partial charge < -0.3 is 19.5 Å². The van der Waals surface area contributed by atoms with Gasteiger partial charge in [0.15, 0.2) is 5.82 Å². The van der Waals surface area contributed by atoms with Gasteiger partial charge in [-0.05, 0) is 47.0 Å². The number of hydrogen-bond donors (Lipinski definition) is 1. The molecule has 0 spiro atoms. The van der Waals surface area contributed by atoms with Gasteiger partial charge >= 0.3 is 6.09 Å². The zero-order valence-electron chi connectivity index (χ0n) is 17.3. The Bertz CT molecular complexity index is 601. The van der Waals surface area contributed by atoms with Crippen molar-refractivity contribution in [2.24, 2.45) is 0 Å². The maximum Gasteiger partial charge on any atom is 0.410 e. The van der Waals surface area contributed by atoms with Gasteiger partial charge in [0.25, 0.3) is 0 Å². The average Bonchev–Trinajstić information content (AvgIpc) is 3.11. The molecule has 26 heavy (non-hydrogen) atoms. The summed E-state index contributed by atoms with van der Waals surface area (Å²) in [6.45, 7) is 15.3. The van der Waals surface area contributed by atoms with E-state index in [0.29, 0.717) is 18.3 Å². The molecule has 1 fully saturated rings. The van der Waals surface area contributed by atoms with Crippen LogP contribution in [0.5, 0.6) is 0 Å². The molecule has 0 aromatic carbocycles. The summed E-state index contributed by atoms with van der Waals surface area (Å²) >= 11 is 0. The molecule has 1 N–H and O–H groups in total. The molecule has 0 bridgehead atoms.